The number of carbonyl (C=O) groups is 1. The van der Waals surface area contributed by atoms with Gasteiger partial charge < -0.3 is 20.2 Å². The van der Waals surface area contributed by atoms with Crippen LogP contribution in [0, 0.1) is 17.6 Å². The first-order valence-corrected chi connectivity index (χ1v) is 8.43. The minimum atomic E-state index is -0.576. The van der Waals surface area contributed by atoms with Crippen LogP contribution < -0.4 is 10.2 Å². The summed E-state index contributed by atoms with van der Waals surface area (Å²) in [5.41, 5.74) is -0.0157. The monoisotopic (exact) mass is 339 g/mol. The Morgan fingerprint density at radius 2 is 1.83 bits per heavy atom. The number of nitrogens with one attached hydrogen (secondary N) is 1. The average Bonchev–Trinajstić information content (AvgIpc) is 3.03. The van der Waals surface area contributed by atoms with Crippen LogP contribution in [-0.2, 0) is 0 Å². The Labute approximate surface area is 140 Å². The first-order chi connectivity index (χ1) is 11.6. The molecule has 1 atom stereocenters. The first-order valence-electron chi connectivity index (χ1n) is 8.43. The van der Waals surface area contributed by atoms with Crippen molar-refractivity contribution in [1.82, 2.24) is 10.2 Å². The molecule has 2 aliphatic heterocycles. The second-order valence-corrected chi connectivity index (χ2v) is 6.56. The summed E-state index contributed by atoms with van der Waals surface area (Å²) < 4.78 is 27.7. The van der Waals surface area contributed by atoms with E-state index in [0.717, 1.165) is 12.8 Å². The van der Waals surface area contributed by atoms with Crippen LogP contribution in [0.2, 0.25) is 0 Å². The van der Waals surface area contributed by atoms with Crippen molar-refractivity contribution in [3.05, 3.63) is 29.8 Å². The Bertz CT molecular complexity index is 571. The first kappa shape index (κ1) is 17.0. The second-order valence-electron chi connectivity index (χ2n) is 6.56. The Kier molecular flexibility index (Phi) is 5.18. The number of carbonyl (C=O) groups excluding carboxylic acids is 1. The van der Waals surface area contributed by atoms with Crippen molar-refractivity contribution in [2.24, 2.45) is 5.92 Å². The molecule has 0 radical (unpaired) electrons. The third-order valence-electron chi connectivity index (χ3n) is 4.93. The van der Waals surface area contributed by atoms with Crippen molar-refractivity contribution in [2.75, 3.05) is 37.7 Å². The number of aliphatic hydroxyl groups excluding tert-OH is 1. The van der Waals surface area contributed by atoms with Crippen LogP contribution in [-0.4, -0.2) is 54.9 Å². The smallest absolute Gasteiger partial charge is 0.317 e. The maximum Gasteiger partial charge on any atom is 0.317 e. The van der Waals surface area contributed by atoms with Gasteiger partial charge in [-0.3, -0.25) is 0 Å². The van der Waals surface area contributed by atoms with Crippen LogP contribution in [0.1, 0.15) is 19.3 Å². The normalized spacial score (nSPS) is 22.0. The van der Waals surface area contributed by atoms with Crippen LogP contribution in [0.15, 0.2) is 18.2 Å². The number of piperidine rings is 1. The molecule has 5 nitrogen and oxygen atoms in total. The van der Waals surface area contributed by atoms with Crippen LogP contribution in [0.3, 0.4) is 0 Å². The van der Waals surface area contributed by atoms with Gasteiger partial charge in [0.25, 0.3) is 0 Å². The molecule has 0 bridgehead atoms. The maximum absolute atomic E-state index is 13.9. The van der Waals surface area contributed by atoms with Crippen molar-refractivity contribution < 1.29 is 18.7 Å². The van der Waals surface area contributed by atoms with Gasteiger partial charge in [0.1, 0.15) is 17.3 Å². The van der Waals surface area contributed by atoms with Crippen molar-refractivity contribution in [3.8, 4) is 0 Å². The van der Waals surface area contributed by atoms with E-state index >= 15 is 0 Å². The number of likely N-dealkylation sites (tertiary alicyclic amines) is 1. The standard InChI is InChI=1S/C17H23F2N3O2/c18-14-2-1-3-15(19)16(14)22-9-6-13(10-22)20-17(24)21-7-4-12(11-23)5-8-21/h1-3,12-13,23H,4-11H2,(H,20,24)/t13-/m0/s1. The number of para-hydroxylation sites is 1. The number of urea groups is 1. The summed E-state index contributed by atoms with van der Waals surface area (Å²) in [5, 5.41) is 12.1. The molecule has 2 aliphatic rings. The zero-order chi connectivity index (χ0) is 17.1. The number of hydrogen-bond acceptors (Lipinski definition) is 3. The summed E-state index contributed by atoms with van der Waals surface area (Å²) >= 11 is 0. The SMILES string of the molecule is O=C(N[C@H]1CCN(c2c(F)cccc2F)C1)N1CCC(CO)CC1. The van der Waals surface area contributed by atoms with E-state index in [-0.39, 0.29) is 30.3 Å². The van der Waals surface area contributed by atoms with E-state index in [1.165, 1.54) is 18.2 Å². The number of nitrogens with zero attached hydrogens (tertiary/aromatic N) is 2. The number of aliphatic hydroxyl groups is 1. The summed E-state index contributed by atoms with van der Waals surface area (Å²) in [6, 6.07) is 3.59. The molecule has 1 aromatic carbocycles. The second kappa shape index (κ2) is 7.34. The minimum absolute atomic E-state index is 0.0157. The average molecular weight is 339 g/mol. The molecule has 0 saturated carbocycles. The van der Waals surface area contributed by atoms with E-state index < -0.39 is 11.6 Å². The number of benzene rings is 1. The lowest BCUT2D eigenvalue weighted by atomic mass is 9.98. The minimum Gasteiger partial charge on any atom is -0.396 e. The van der Waals surface area contributed by atoms with E-state index in [0.29, 0.717) is 32.6 Å². The number of rotatable bonds is 3. The van der Waals surface area contributed by atoms with E-state index in [9.17, 15) is 13.6 Å². The number of anilines is 1. The lowest BCUT2D eigenvalue weighted by Crippen LogP contribution is -2.48. The van der Waals surface area contributed by atoms with Gasteiger partial charge in [-0.1, -0.05) is 6.07 Å². The van der Waals surface area contributed by atoms with Gasteiger partial charge in [0.05, 0.1) is 0 Å². The van der Waals surface area contributed by atoms with E-state index in [2.05, 4.69) is 5.32 Å². The highest BCUT2D eigenvalue weighted by Crippen LogP contribution is 2.27. The van der Waals surface area contributed by atoms with Gasteiger partial charge in [0, 0.05) is 38.8 Å². The summed E-state index contributed by atoms with van der Waals surface area (Å²) in [6.07, 6.45) is 2.27. The molecule has 2 heterocycles. The highest BCUT2D eigenvalue weighted by atomic mass is 19.1. The molecular formula is C17H23F2N3O2. The van der Waals surface area contributed by atoms with Crippen molar-refractivity contribution >= 4 is 11.7 Å². The maximum atomic E-state index is 13.9. The molecule has 132 valence electrons. The molecule has 7 heteroatoms. The zero-order valence-electron chi connectivity index (χ0n) is 13.5. The number of amides is 2. The Morgan fingerprint density at radius 3 is 2.46 bits per heavy atom. The summed E-state index contributed by atoms with van der Waals surface area (Å²) in [4.78, 5) is 15.7. The Morgan fingerprint density at radius 1 is 1.17 bits per heavy atom. The molecule has 2 N–H and O–H groups in total. The van der Waals surface area contributed by atoms with Gasteiger partial charge in [0.15, 0.2) is 0 Å². The quantitative estimate of drug-likeness (QED) is 0.885. The van der Waals surface area contributed by atoms with Gasteiger partial charge in [0.2, 0.25) is 0 Å². The molecule has 0 spiro atoms. The van der Waals surface area contributed by atoms with Gasteiger partial charge >= 0.3 is 6.03 Å². The zero-order valence-corrected chi connectivity index (χ0v) is 13.5. The molecule has 2 fully saturated rings. The fraction of sp³-hybridized carbons (Fsp3) is 0.588. The topological polar surface area (TPSA) is 55.8 Å². The van der Waals surface area contributed by atoms with Crippen LogP contribution in [0.4, 0.5) is 19.3 Å². The van der Waals surface area contributed by atoms with Crippen LogP contribution >= 0.6 is 0 Å². The van der Waals surface area contributed by atoms with Gasteiger partial charge in [-0.25, -0.2) is 13.6 Å². The summed E-state index contributed by atoms with van der Waals surface area (Å²) in [7, 11) is 0. The third-order valence-corrected chi connectivity index (χ3v) is 4.93. The molecule has 0 unspecified atom stereocenters. The van der Waals surface area contributed by atoms with Crippen molar-refractivity contribution in [1.29, 1.82) is 0 Å². The van der Waals surface area contributed by atoms with Gasteiger partial charge in [-0.05, 0) is 37.3 Å². The summed E-state index contributed by atoms with van der Waals surface area (Å²) in [6.45, 7) is 2.35. The third kappa shape index (κ3) is 3.61. The Balaban J connectivity index is 1.54. The van der Waals surface area contributed by atoms with Crippen LogP contribution in [0.25, 0.3) is 0 Å². The predicted octanol–water partition coefficient (Wildman–Crippen LogP) is 1.96. The molecule has 0 aliphatic carbocycles. The lowest BCUT2D eigenvalue weighted by Gasteiger charge is -2.32. The van der Waals surface area contributed by atoms with Crippen molar-refractivity contribution in [2.45, 2.75) is 25.3 Å². The highest BCUT2D eigenvalue weighted by molar-refractivity contribution is 5.74. The van der Waals surface area contributed by atoms with Crippen LogP contribution in [0.5, 0.6) is 0 Å². The van der Waals surface area contributed by atoms with Gasteiger partial charge in [-0.2, -0.15) is 0 Å². The molecule has 0 aromatic heterocycles. The molecule has 3 rings (SSSR count). The van der Waals surface area contributed by atoms with E-state index in [1.807, 2.05) is 0 Å². The molecule has 24 heavy (non-hydrogen) atoms. The van der Waals surface area contributed by atoms with Gasteiger partial charge in [-0.15, -0.1) is 0 Å². The van der Waals surface area contributed by atoms with Crippen molar-refractivity contribution in [3.63, 3.8) is 0 Å². The predicted molar refractivity (Wildman–Crippen MR) is 86.9 cm³/mol. The Hall–Kier alpha value is -1.89. The molecule has 2 saturated heterocycles. The summed E-state index contributed by atoms with van der Waals surface area (Å²) in [5.74, 6) is -0.874. The number of hydrogen-bond donors (Lipinski definition) is 2. The molecule has 2 amide bonds. The van der Waals surface area contributed by atoms with E-state index in [1.54, 1.807) is 9.80 Å². The lowest BCUT2D eigenvalue weighted by molar-refractivity contribution is 0.136. The largest absolute Gasteiger partial charge is 0.396 e. The highest BCUT2D eigenvalue weighted by Gasteiger charge is 2.29. The van der Waals surface area contributed by atoms with E-state index in [4.69, 9.17) is 5.11 Å². The fourth-order valence-electron chi connectivity index (χ4n) is 3.46. The fourth-order valence-corrected chi connectivity index (χ4v) is 3.46. The molecular weight excluding hydrogens is 316 g/mol. The molecule has 1 aromatic rings. The number of halogens is 2.